The highest BCUT2D eigenvalue weighted by Gasteiger charge is 2.25. The van der Waals surface area contributed by atoms with Gasteiger partial charge in [-0.1, -0.05) is 25.1 Å². The Hall–Kier alpha value is -3.14. The summed E-state index contributed by atoms with van der Waals surface area (Å²) in [6.07, 6.45) is 1.55. The normalized spacial score (nSPS) is 12.1. The SMILES string of the molecule is CC[C@@H](NC(=O)CN(c1cc([N+](=O)[O-])ccc1C)S(C)(=O)=O)c1ccc(OC)cc1. The molecule has 0 spiro atoms. The van der Waals surface area contributed by atoms with Crippen molar-refractivity contribution in [3.8, 4) is 5.75 Å². The van der Waals surface area contributed by atoms with E-state index in [1.54, 1.807) is 26.2 Å². The number of rotatable bonds is 9. The Kier molecular flexibility index (Phi) is 7.38. The second-order valence-electron chi connectivity index (χ2n) is 6.80. The number of benzene rings is 2. The van der Waals surface area contributed by atoms with E-state index in [9.17, 15) is 23.3 Å². The average molecular weight is 436 g/mol. The third kappa shape index (κ3) is 5.69. The fraction of sp³-hybridized carbons (Fsp3) is 0.350. The van der Waals surface area contributed by atoms with E-state index in [0.29, 0.717) is 17.7 Å². The first-order chi connectivity index (χ1) is 14.1. The lowest BCUT2D eigenvalue weighted by Gasteiger charge is -2.25. The molecular formula is C20H25N3O6S. The minimum atomic E-state index is -3.86. The maximum Gasteiger partial charge on any atom is 0.271 e. The molecule has 0 saturated heterocycles. The van der Waals surface area contributed by atoms with Crippen LogP contribution in [0.25, 0.3) is 0 Å². The summed E-state index contributed by atoms with van der Waals surface area (Å²) in [7, 11) is -2.30. The summed E-state index contributed by atoms with van der Waals surface area (Å²) >= 11 is 0. The number of carbonyl (C=O) groups excluding carboxylic acids is 1. The summed E-state index contributed by atoms with van der Waals surface area (Å²) in [5, 5.41) is 13.9. The quantitative estimate of drug-likeness (QED) is 0.478. The van der Waals surface area contributed by atoms with Crippen LogP contribution in [0.4, 0.5) is 11.4 Å². The van der Waals surface area contributed by atoms with Crippen LogP contribution in [0.2, 0.25) is 0 Å². The van der Waals surface area contributed by atoms with Crippen molar-refractivity contribution >= 4 is 27.3 Å². The zero-order valence-electron chi connectivity index (χ0n) is 17.3. The lowest BCUT2D eigenvalue weighted by molar-refractivity contribution is -0.384. The maximum absolute atomic E-state index is 12.7. The number of carbonyl (C=O) groups is 1. The smallest absolute Gasteiger partial charge is 0.271 e. The molecule has 1 atom stereocenters. The van der Waals surface area contributed by atoms with Gasteiger partial charge in [-0.2, -0.15) is 0 Å². The van der Waals surface area contributed by atoms with E-state index in [1.165, 1.54) is 12.1 Å². The van der Waals surface area contributed by atoms with E-state index in [2.05, 4.69) is 5.32 Å². The standard InChI is InChI=1S/C20H25N3O6S/c1-5-18(15-7-10-17(29-3)11-8-15)21-20(24)13-22(30(4,27)28)19-12-16(23(25)26)9-6-14(19)2/h6-12,18H,5,13H2,1-4H3,(H,21,24)/t18-/m1/s1. The molecule has 30 heavy (non-hydrogen) atoms. The van der Waals surface area contributed by atoms with Crippen molar-refractivity contribution in [1.82, 2.24) is 5.32 Å². The first-order valence-corrected chi connectivity index (χ1v) is 11.1. The van der Waals surface area contributed by atoms with Gasteiger partial charge in [-0.05, 0) is 36.6 Å². The van der Waals surface area contributed by atoms with Gasteiger partial charge >= 0.3 is 0 Å². The summed E-state index contributed by atoms with van der Waals surface area (Å²) < 4.78 is 30.7. The number of nitrogens with one attached hydrogen (secondary N) is 1. The molecule has 2 rings (SSSR count). The van der Waals surface area contributed by atoms with Gasteiger partial charge in [0.05, 0.1) is 30.0 Å². The van der Waals surface area contributed by atoms with Crippen molar-refractivity contribution in [3.63, 3.8) is 0 Å². The molecule has 0 bridgehead atoms. The van der Waals surface area contributed by atoms with Gasteiger partial charge in [0.1, 0.15) is 12.3 Å². The van der Waals surface area contributed by atoms with Crippen LogP contribution in [0.15, 0.2) is 42.5 Å². The summed E-state index contributed by atoms with van der Waals surface area (Å²) in [5.41, 5.74) is 1.19. The monoisotopic (exact) mass is 435 g/mol. The van der Waals surface area contributed by atoms with Gasteiger partial charge in [0.25, 0.3) is 5.69 Å². The number of nitrogens with zero attached hydrogens (tertiary/aromatic N) is 2. The summed E-state index contributed by atoms with van der Waals surface area (Å²) in [6.45, 7) is 3.03. The fourth-order valence-corrected chi connectivity index (χ4v) is 3.89. The van der Waals surface area contributed by atoms with Gasteiger partial charge in [0, 0.05) is 12.1 Å². The first-order valence-electron chi connectivity index (χ1n) is 9.22. The van der Waals surface area contributed by atoms with Gasteiger partial charge < -0.3 is 10.1 Å². The number of sulfonamides is 1. The van der Waals surface area contributed by atoms with E-state index in [0.717, 1.165) is 22.2 Å². The molecule has 1 amide bonds. The number of ether oxygens (including phenoxy) is 1. The third-order valence-corrected chi connectivity index (χ3v) is 5.75. The zero-order chi connectivity index (χ0) is 22.5. The number of anilines is 1. The molecule has 2 aromatic rings. The number of hydrogen-bond acceptors (Lipinski definition) is 6. The van der Waals surface area contributed by atoms with Crippen LogP contribution < -0.4 is 14.4 Å². The molecule has 0 heterocycles. The molecule has 2 aromatic carbocycles. The van der Waals surface area contributed by atoms with Crippen molar-refractivity contribution in [3.05, 3.63) is 63.7 Å². The molecule has 162 valence electrons. The minimum Gasteiger partial charge on any atom is -0.497 e. The lowest BCUT2D eigenvalue weighted by atomic mass is 10.0. The molecule has 10 heteroatoms. The number of aryl methyl sites for hydroxylation is 1. The molecular weight excluding hydrogens is 410 g/mol. The largest absolute Gasteiger partial charge is 0.497 e. The number of methoxy groups -OCH3 is 1. The lowest BCUT2D eigenvalue weighted by Crippen LogP contribution is -2.41. The van der Waals surface area contributed by atoms with Gasteiger partial charge in [-0.15, -0.1) is 0 Å². The highest BCUT2D eigenvalue weighted by atomic mass is 32.2. The van der Waals surface area contributed by atoms with Crippen LogP contribution >= 0.6 is 0 Å². The highest BCUT2D eigenvalue weighted by molar-refractivity contribution is 7.92. The molecule has 0 radical (unpaired) electrons. The van der Waals surface area contributed by atoms with Crippen molar-refractivity contribution in [2.24, 2.45) is 0 Å². The molecule has 0 saturated carbocycles. The predicted octanol–water partition coefficient (Wildman–Crippen LogP) is 2.95. The molecule has 1 N–H and O–H groups in total. The van der Waals surface area contributed by atoms with E-state index >= 15 is 0 Å². The van der Waals surface area contributed by atoms with Crippen LogP contribution in [0.1, 0.15) is 30.5 Å². The summed E-state index contributed by atoms with van der Waals surface area (Å²) in [5.74, 6) is 0.165. The minimum absolute atomic E-state index is 0.0966. The highest BCUT2D eigenvalue weighted by Crippen LogP contribution is 2.27. The molecule has 0 unspecified atom stereocenters. The molecule has 9 nitrogen and oxygen atoms in total. The van der Waals surface area contributed by atoms with Gasteiger partial charge in [-0.25, -0.2) is 8.42 Å². The number of nitro benzene ring substituents is 1. The Morgan fingerprint density at radius 1 is 1.23 bits per heavy atom. The van der Waals surface area contributed by atoms with Crippen molar-refractivity contribution in [2.45, 2.75) is 26.3 Å². The van der Waals surface area contributed by atoms with Crippen LogP contribution in [0, 0.1) is 17.0 Å². The maximum atomic E-state index is 12.7. The topological polar surface area (TPSA) is 119 Å². The van der Waals surface area contributed by atoms with Crippen LogP contribution in [-0.2, 0) is 14.8 Å². The van der Waals surface area contributed by atoms with Gasteiger partial charge in [0.2, 0.25) is 15.9 Å². The van der Waals surface area contributed by atoms with E-state index in [-0.39, 0.29) is 17.4 Å². The van der Waals surface area contributed by atoms with Crippen molar-refractivity contribution in [2.75, 3.05) is 24.2 Å². The second kappa shape index (κ2) is 9.57. The third-order valence-electron chi connectivity index (χ3n) is 4.62. The fourth-order valence-electron chi connectivity index (χ4n) is 2.99. The van der Waals surface area contributed by atoms with Crippen LogP contribution in [0.5, 0.6) is 5.75 Å². The zero-order valence-corrected chi connectivity index (χ0v) is 18.1. The van der Waals surface area contributed by atoms with Crippen LogP contribution in [-0.4, -0.2) is 39.2 Å². The Balaban J connectivity index is 2.27. The Bertz CT molecular complexity index is 1020. The molecule has 0 aromatic heterocycles. The van der Waals surface area contributed by atoms with Gasteiger partial charge in [0.15, 0.2) is 0 Å². The number of non-ortho nitro benzene ring substituents is 1. The first kappa shape index (κ1) is 23.1. The van der Waals surface area contributed by atoms with Crippen molar-refractivity contribution < 1.29 is 22.9 Å². The molecule has 0 aliphatic rings. The predicted molar refractivity (Wildman–Crippen MR) is 114 cm³/mol. The van der Waals surface area contributed by atoms with Gasteiger partial charge in [-0.3, -0.25) is 19.2 Å². The Labute approximate surface area is 175 Å². The summed E-state index contributed by atoms with van der Waals surface area (Å²) in [6, 6.07) is 10.8. The van der Waals surface area contributed by atoms with Crippen molar-refractivity contribution in [1.29, 1.82) is 0 Å². The summed E-state index contributed by atoms with van der Waals surface area (Å²) in [4.78, 5) is 23.2. The van der Waals surface area contributed by atoms with E-state index in [4.69, 9.17) is 4.74 Å². The van der Waals surface area contributed by atoms with E-state index in [1.807, 2.05) is 19.1 Å². The molecule has 0 aliphatic carbocycles. The molecule has 0 aliphatic heterocycles. The Morgan fingerprint density at radius 2 is 1.87 bits per heavy atom. The van der Waals surface area contributed by atoms with Crippen LogP contribution in [0.3, 0.4) is 0 Å². The molecule has 0 fully saturated rings. The number of nitro groups is 1. The average Bonchev–Trinajstić information content (AvgIpc) is 2.70. The number of amides is 1. The second-order valence-corrected chi connectivity index (χ2v) is 8.71. The Morgan fingerprint density at radius 3 is 2.37 bits per heavy atom. The van der Waals surface area contributed by atoms with E-state index < -0.39 is 27.4 Å². The number of hydrogen-bond donors (Lipinski definition) is 1.